The van der Waals surface area contributed by atoms with Crippen molar-refractivity contribution in [3.63, 3.8) is 0 Å². The molecule has 19 heavy (non-hydrogen) atoms. The molecule has 0 spiro atoms. The molecule has 0 aromatic rings. The molecule has 0 aromatic heterocycles. The van der Waals surface area contributed by atoms with Crippen LogP contribution in [0.1, 0.15) is 6.92 Å². The summed E-state index contributed by atoms with van der Waals surface area (Å²) in [6.45, 7) is 0.200. The van der Waals surface area contributed by atoms with Crippen molar-refractivity contribution in [2.75, 3.05) is 39.6 Å². The van der Waals surface area contributed by atoms with Gasteiger partial charge in [0.1, 0.15) is 18.3 Å². The van der Waals surface area contributed by atoms with Crippen molar-refractivity contribution in [2.24, 2.45) is 0 Å². The van der Waals surface area contributed by atoms with Crippen LogP contribution in [0.25, 0.3) is 0 Å². The molecule has 0 aliphatic carbocycles. The van der Waals surface area contributed by atoms with Gasteiger partial charge in [0.2, 0.25) is 0 Å². The van der Waals surface area contributed by atoms with Crippen LogP contribution in [0.5, 0.6) is 0 Å². The van der Waals surface area contributed by atoms with Gasteiger partial charge in [-0.2, -0.15) is 0 Å². The lowest BCUT2D eigenvalue weighted by molar-refractivity contribution is -0.155. The first-order chi connectivity index (χ1) is 8.99. The van der Waals surface area contributed by atoms with E-state index in [9.17, 15) is 4.79 Å². The Morgan fingerprint density at radius 2 is 1.37 bits per heavy atom. The minimum absolute atomic E-state index is 0.00808. The number of ether oxygens (including phenoxy) is 3. The number of hydrogen-bond acceptors (Lipinski definition) is 8. The van der Waals surface area contributed by atoms with Crippen molar-refractivity contribution in [1.82, 2.24) is 0 Å². The highest BCUT2D eigenvalue weighted by atomic mass is 16.6. The normalized spacial score (nSPS) is 15.8. The van der Waals surface area contributed by atoms with Crippen LogP contribution in [0, 0.1) is 0 Å². The first-order valence-corrected chi connectivity index (χ1v) is 5.90. The molecule has 0 aliphatic heterocycles. The SMILES string of the molecule is CC(=O)OC(COCC(O)CO)COCC(O)CO. The van der Waals surface area contributed by atoms with E-state index in [2.05, 4.69) is 0 Å². The maximum absolute atomic E-state index is 10.8. The molecule has 0 fully saturated rings. The van der Waals surface area contributed by atoms with Gasteiger partial charge in [0.25, 0.3) is 0 Å². The van der Waals surface area contributed by atoms with Crippen LogP contribution in [0.3, 0.4) is 0 Å². The standard InChI is InChI=1S/C11H22O8/c1-8(14)19-11(6-17-4-9(15)2-12)7-18-5-10(16)3-13/h9-13,15-16H,2-7H2,1H3. The second-order valence-electron chi connectivity index (χ2n) is 3.98. The minimum Gasteiger partial charge on any atom is -0.458 e. The summed E-state index contributed by atoms with van der Waals surface area (Å²) >= 11 is 0. The van der Waals surface area contributed by atoms with E-state index in [1.165, 1.54) is 6.92 Å². The van der Waals surface area contributed by atoms with Crippen molar-refractivity contribution in [1.29, 1.82) is 0 Å². The highest BCUT2D eigenvalue weighted by Gasteiger charge is 2.15. The second kappa shape index (κ2) is 11.1. The third-order valence-electron chi connectivity index (χ3n) is 1.98. The molecule has 2 unspecified atom stereocenters. The predicted octanol–water partition coefficient (Wildman–Crippen LogP) is -2.34. The van der Waals surface area contributed by atoms with Crippen LogP contribution < -0.4 is 0 Å². The number of carbonyl (C=O) groups is 1. The molecule has 8 heteroatoms. The van der Waals surface area contributed by atoms with Gasteiger partial charge in [-0.15, -0.1) is 0 Å². The van der Waals surface area contributed by atoms with E-state index in [1.807, 2.05) is 0 Å². The average Bonchev–Trinajstić information content (AvgIpc) is 2.37. The molecular formula is C11H22O8. The Labute approximate surface area is 111 Å². The van der Waals surface area contributed by atoms with E-state index in [4.69, 9.17) is 34.6 Å². The molecule has 4 N–H and O–H groups in total. The number of aliphatic hydroxyl groups excluding tert-OH is 4. The minimum atomic E-state index is -0.991. The van der Waals surface area contributed by atoms with Gasteiger partial charge >= 0.3 is 5.97 Å². The van der Waals surface area contributed by atoms with Crippen molar-refractivity contribution in [3.8, 4) is 0 Å². The summed E-state index contributed by atoms with van der Waals surface area (Å²) in [6, 6.07) is 0. The first-order valence-electron chi connectivity index (χ1n) is 5.90. The van der Waals surface area contributed by atoms with Crippen molar-refractivity contribution >= 4 is 5.97 Å². The van der Waals surface area contributed by atoms with Gasteiger partial charge in [-0.1, -0.05) is 0 Å². The van der Waals surface area contributed by atoms with Crippen LogP contribution in [-0.2, 0) is 19.0 Å². The lowest BCUT2D eigenvalue weighted by Crippen LogP contribution is -2.31. The number of aliphatic hydroxyl groups is 4. The first kappa shape index (κ1) is 18.2. The fourth-order valence-corrected chi connectivity index (χ4v) is 1.13. The zero-order valence-electron chi connectivity index (χ0n) is 10.9. The van der Waals surface area contributed by atoms with Crippen LogP contribution in [0.2, 0.25) is 0 Å². The fraction of sp³-hybridized carbons (Fsp3) is 0.909. The lowest BCUT2D eigenvalue weighted by atomic mass is 10.3. The zero-order chi connectivity index (χ0) is 14.7. The third-order valence-corrected chi connectivity index (χ3v) is 1.98. The van der Waals surface area contributed by atoms with Crippen molar-refractivity contribution < 1.29 is 39.4 Å². The molecule has 0 saturated carbocycles. The summed E-state index contributed by atoms with van der Waals surface area (Å²) in [5.41, 5.74) is 0. The summed E-state index contributed by atoms with van der Waals surface area (Å²) in [6.07, 6.45) is -2.67. The highest BCUT2D eigenvalue weighted by molar-refractivity contribution is 5.66. The lowest BCUT2D eigenvalue weighted by Gasteiger charge is -2.18. The summed E-state index contributed by atoms with van der Waals surface area (Å²) in [5.74, 6) is -0.511. The smallest absolute Gasteiger partial charge is 0.303 e. The van der Waals surface area contributed by atoms with E-state index < -0.39 is 37.5 Å². The van der Waals surface area contributed by atoms with Gasteiger partial charge in [-0.05, 0) is 0 Å². The number of hydrogen-bond donors (Lipinski definition) is 4. The van der Waals surface area contributed by atoms with Gasteiger partial charge < -0.3 is 34.6 Å². The molecule has 0 radical (unpaired) electrons. The fourth-order valence-electron chi connectivity index (χ4n) is 1.13. The Morgan fingerprint density at radius 3 is 1.68 bits per heavy atom. The van der Waals surface area contributed by atoms with E-state index in [0.717, 1.165) is 0 Å². The molecule has 0 aromatic carbocycles. The van der Waals surface area contributed by atoms with Crippen LogP contribution in [-0.4, -0.2) is 84.3 Å². The molecule has 0 heterocycles. The largest absolute Gasteiger partial charge is 0.458 e. The molecule has 114 valence electrons. The van der Waals surface area contributed by atoms with Gasteiger partial charge in [0.05, 0.1) is 39.6 Å². The Bertz CT molecular complexity index is 219. The molecule has 0 bridgehead atoms. The molecule has 2 atom stereocenters. The van der Waals surface area contributed by atoms with E-state index in [-0.39, 0.29) is 26.4 Å². The van der Waals surface area contributed by atoms with Gasteiger partial charge in [0.15, 0.2) is 0 Å². The zero-order valence-corrected chi connectivity index (χ0v) is 10.9. The second-order valence-corrected chi connectivity index (χ2v) is 3.98. The molecular weight excluding hydrogens is 260 g/mol. The maximum Gasteiger partial charge on any atom is 0.303 e. The third kappa shape index (κ3) is 10.8. The Balaban J connectivity index is 3.91. The Morgan fingerprint density at radius 1 is 0.947 bits per heavy atom. The van der Waals surface area contributed by atoms with Crippen molar-refractivity contribution in [2.45, 2.75) is 25.2 Å². The predicted molar refractivity (Wildman–Crippen MR) is 63.4 cm³/mol. The quantitative estimate of drug-likeness (QED) is 0.311. The monoisotopic (exact) mass is 282 g/mol. The summed E-state index contributed by atoms with van der Waals surface area (Å²) < 4.78 is 15.0. The Kier molecular flexibility index (Phi) is 10.6. The number of carbonyl (C=O) groups excluding carboxylic acids is 1. The highest BCUT2D eigenvalue weighted by Crippen LogP contribution is 1.98. The Hall–Kier alpha value is -0.770. The van der Waals surface area contributed by atoms with E-state index in [1.54, 1.807) is 0 Å². The topological polar surface area (TPSA) is 126 Å². The summed E-state index contributed by atoms with van der Waals surface area (Å²) in [5, 5.41) is 35.3. The van der Waals surface area contributed by atoms with E-state index in [0.29, 0.717) is 0 Å². The van der Waals surface area contributed by atoms with Crippen molar-refractivity contribution in [3.05, 3.63) is 0 Å². The van der Waals surface area contributed by atoms with Crippen LogP contribution in [0.15, 0.2) is 0 Å². The molecule has 0 saturated heterocycles. The van der Waals surface area contributed by atoms with Crippen LogP contribution in [0.4, 0.5) is 0 Å². The number of esters is 1. The average molecular weight is 282 g/mol. The summed E-state index contributed by atoms with van der Waals surface area (Å²) in [7, 11) is 0. The van der Waals surface area contributed by atoms with E-state index >= 15 is 0 Å². The molecule has 8 nitrogen and oxygen atoms in total. The van der Waals surface area contributed by atoms with Gasteiger partial charge in [-0.3, -0.25) is 4.79 Å². The van der Waals surface area contributed by atoms with Gasteiger partial charge in [0, 0.05) is 6.92 Å². The summed E-state index contributed by atoms with van der Waals surface area (Å²) in [4.78, 5) is 10.8. The molecule has 0 amide bonds. The molecule has 0 rings (SSSR count). The molecule has 0 aliphatic rings. The van der Waals surface area contributed by atoms with Crippen LogP contribution >= 0.6 is 0 Å². The number of rotatable bonds is 11. The van der Waals surface area contributed by atoms with Gasteiger partial charge in [-0.25, -0.2) is 0 Å². The maximum atomic E-state index is 10.8.